The summed E-state index contributed by atoms with van der Waals surface area (Å²) in [5.74, 6) is -0.947. The predicted molar refractivity (Wildman–Crippen MR) is 93.7 cm³/mol. The molecule has 1 aromatic carbocycles. The van der Waals surface area contributed by atoms with Crippen LogP contribution in [0.2, 0.25) is 10.0 Å². The van der Waals surface area contributed by atoms with Gasteiger partial charge in [0.1, 0.15) is 17.8 Å². The quantitative estimate of drug-likeness (QED) is 0.382. The van der Waals surface area contributed by atoms with E-state index >= 15 is 0 Å². The van der Waals surface area contributed by atoms with Crippen molar-refractivity contribution >= 4 is 40.5 Å². The smallest absolute Gasteiger partial charge is 0.345 e. The third-order valence-electron chi connectivity index (χ3n) is 3.40. The van der Waals surface area contributed by atoms with Gasteiger partial charge in [0.2, 0.25) is 0 Å². The highest BCUT2D eigenvalue weighted by atomic mass is 35.5. The Kier molecular flexibility index (Phi) is 4.88. The Morgan fingerprint density at radius 1 is 1.19 bits per heavy atom. The molecule has 3 aromatic rings. The summed E-state index contributed by atoms with van der Waals surface area (Å²) in [5.41, 5.74) is -0.610. The SMILES string of the molecule is O=C(OCc1cc(=O)n2cc(Cl)ccc2n1)c1cc(Cl)ccc1[N+](=O)[O-]. The van der Waals surface area contributed by atoms with Gasteiger partial charge in [-0.1, -0.05) is 23.2 Å². The van der Waals surface area contributed by atoms with E-state index in [1.807, 2.05) is 0 Å². The van der Waals surface area contributed by atoms with Crippen molar-refractivity contribution < 1.29 is 14.5 Å². The first kappa shape index (κ1) is 17.8. The lowest BCUT2D eigenvalue weighted by Gasteiger charge is -2.07. The number of nitro benzene ring substituents is 1. The summed E-state index contributed by atoms with van der Waals surface area (Å²) >= 11 is 11.6. The van der Waals surface area contributed by atoms with Gasteiger partial charge in [-0.15, -0.1) is 0 Å². The Bertz CT molecular complexity index is 1100. The third kappa shape index (κ3) is 3.66. The standard InChI is InChI=1S/C16H9Cl2N3O5/c17-9-1-3-13(21(24)25)12(5-9)16(23)26-8-11-6-15(22)20-7-10(18)2-4-14(20)19-11/h1-7H,8H2. The molecule has 26 heavy (non-hydrogen) atoms. The number of esters is 1. The highest BCUT2D eigenvalue weighted by Crippen LogP contribution is 2.23. The largest absolute Gasteiger partial charge is 0.455 e. The molecule has 0 atom stereocenters. The number of pyridine rings is 1. The molecule has 2 heterocycles. The van der Waals surface area contributed by atoms with E-state index in [2.05, 4.69) is 4.98 Å². The van der Waals surface area contributed by atoms with Crippen LogP contribution in [0.4, 0.5) is 5.69 Å². The van der Waals surface area contributed by atoms with Crippen LogP contribution in [-0.2, 0) is 11.3 Å². The van der Waals surface area contributed by atoms with Crippen LogP contribution in [0.1, 0.15) is 16.1 Å². The number of nitro groups is 1. The summed E-state index contributed by atoms with van der Waals surface area (Å²) in [6, 6.07) is 7.85. The lowest BCUT2D eigenvalue weighted by atomic mass is 10.2. The fourth-order valence-corrected chi connectivity index (χ4v) is 2.58. The van der Waals surface area contributed by atoms with Gasteiger partial charge in [-0.05, 0) is 24.3 Å². The van der Waals surface area contributed by atoms with Crippen LogP contribution in [0, 0.1) is 10.1 Å². The Balaban J connectivity index is 1.86. The average molecular weight is 394 g/mol. The Morgan fingerprint density at radius 3 is 2.65 bits per heavy atom. The van der Waals surface area contributed by atoms with Gasteiger partial charge in [0.05, 0.1) is 15.6 Å². The van der Waals surface area contributed by atoms with Crippen LogP contribution in [0.5, 0.6) is 0 Å². The molecule has 0 radical (unpaired) electrons. The molecule has 0 aliphatic rings. The van der Waals surface area contributed by atoms with E-state index in [4.69, 9.17) is 27.9 Å². The van der Waals surface area contributed by atoms with E-state index in [-0.39, 0.29) is 22.9 Å². The molecule has 0 aliphatic heterocycles. The maximum atomic E-state index is 12.2. The average Bonchev–Trinajstić information content (AvgIpc) is 2.60. The fourth-order valence-electron chi connectivity index (χ4n) is 2.25. The number of carbonyl (C=O) groups is 1. The van der Waals surface area contributed by atoms with Gasteiger partial charge in [0.15, 0.2) is 0 Å². The van der Waals surface area contributed by atoms with E-state index in [0.717, 1.165) is 12.1 Å². The van der Waals surface area contributed by atoms with Crippen molar-refractivity contribution in [3.63, 3.8) is 0 Å². The molecule has 0 bridgehead atoms. The molecule has 10 heteroatoms. The lowest BCUT2D eigenvalue weighted by Crippen LogP contribution is -2.17. The molecule has 0 fully saturated rings. The first-order valence-electron chi connectivity index (χ1n) is 7.14. The van der Waals surface area contributed by atoms with Gasteiger partial charge in [0.25, 0.3) is 11.2 Å². The van der Waals surface area contributed by atoms with Crippen LogP contribution in [0.15, 0.2) is 47.4 Å². The predicted octanol–water partition coefficient (Wildman–Crippen LogP) is 3.27. The van der Waals surface area contributed by atoms with Crippen LogP contribution in [0.25, 0.3) is 5.65 Å². The third-order valence-corrected chi connectivity index (χ3v) is 3.86. The monoisotopic (exact) mass is 393 g/mol. The molecule has 2 aromatic heterocycles. The molecular formula is C16H9Cl2N3O5. The Labute approximate surface area is 155 Å². The number of carbonyl (C=O) groups excluding carboxylic acids is 1. The van der Waals surface area contributed by atoms with Crippen LogP contribution in [0.3, 0.4) is 0 Å². The van der Waals surface area contributed by atoms with Crippen LogP contribution < -0.4 is 5.56 Å². The molecular weight excluding hydrogens is 385 g/mol. The van der Waals surface area contributed by atoms with E-state index in [1.165, 1.54) is 28.8 Å². The molecule has 0 aliphatic carbocycles. The minimum Gasteiger partial charge on any atom is -0.455 e. The Hall–Kier alpha value is -2.97. The number of benzene rings is 1. The number of hydrogen-bond donors (Lipinski definition) is 0. The molecule has 8 nitrogen and oxygen atoms in total. The van der Waals surface area contributed by atoms with Crippen LogP contribution >= 0.6 is 23.2 Å². The van der Waals surface area contributed by atoms with Crippen molar-refractivity contribution in [3.05, 3.63) is 84.4 Å². The van der Waals surface area contributed by atoms with E-state index in [0.29, 0.717) is 10.7 Å². The number of nitrogens with zero attached hydrogens (tertiary/aromatic N) is 3. The Morgan fingerprint density at radius 2 is 1.92 bits per heavy atom. The first-order chi connectivity index (χ1) is 12.3. The molecule has 0 unspecified atom stereocenters. The molecule has 0 amide bonds. The van der Waals surface area contributed by atoms with Crippen molar-refractivity contribution in [2.75, 3.05) is 0 Å². The molecule has 132 valence electrons. The second-order valence-electron chi connectivity index (χ2n) is 5.16. The van der Waals surface area contributed by atoms with E-state index in [9.17, 15) is 19.7 Å². The summed E-state index contributed by atoms with van der Waals surface area (Å²) in [6.07, 6.45) is 1.41. The zero-order valence-corrected chi connectivity index (χ0v) is 14.4. The fraction of sp³-hybridized carbons (Fsp3) is 0.0625. The molecule has 0 N–H and O–H groups in total. The van der Waals surface area contributed by atoms with E-state index in [1.54, 1.807) is 6.07 Å². The van der Waals surface area contributed by atoms with Crippen molar-refractivity contribution in [1.82, 2.24) is 9.38 Å². The number of ether oxygens (including phenoxy) is 1. The molecule has 0 saturated heterocycles. The van der Waals surface area contributed by atoms with Gasteiger partial charge < -0.3 is 4.74 Å². The summed E-state index contributed by atoms with van der Waals surface area (Å²) < 4.78 is 6.29. The first-order valence-corrected chi connectivity index (χ1v) is 7.89. The van der Waals surface area contributed by atoms with Gasteiger partial charge >= 0.3 is 5.97 Å². The highest BCUT2D eigenvalue weighted by Gasteiger charge is 2.22. The van der Waals surface area contributed by atoms with E-state index < -0.39 is 22.1 Å². The maximum Gasteiger partial charge on any atom is 0.345 e. The summed E-state index contributed by atoms with van der Waals surface area (Å²) in [6.45, 7) is -0.336. The summed E-state index contributed by atoms with van der Waals surface area (Å²) in [7, 11) is 0. The van der Waals surface area contributed by atoms with Crippen LogP contribution in [-0.4, -0.2) is 20.3 Å². The lowest BCUT2D eigenvalue weighted by molar-refractivity contribution is -0.385. The number of fused-ring (bicyclic) bond motifs is 1. The minimum absolute atomic E-state index is 0.154. The number of rotatable bonds is 4. The molecule has 3 rings (SSSR count). The second-order valence-corrected chi connectivity index (χ2v) is 6.03. The number of aromatic nitrogens is 2. The van der Waals surface area contributed by atoms with Crippen molar-refractivity contribution in [2.24, 2.45) is 0 Å². The highest BCUT2D eigenvalue weighted by molar-refractivity contribution is 6.31. The second kappa shape index (κ2) is 7.11. The molecule has 0 spiro atoms. The van der Waals surface area contributed by atoms with Gasteiger partial charge in [-0.25, -0.2) is 9.78 Å². The normalized spacial score (nSPS) is 10.7. The zero-order chi connectivity index (χ0) is 18.8. The van der Waals surface area contributed by atoms with Gasteiger partial charge in [-0.2, -0.15) is 0 Å². The zero-order valence-electron chi connectivity index (χ0n) is 12.9. The topological polar surface area (TPSA) is 104 Å². The summed E-state index contributed by atoms with van der Waals surface area (Å²) in [5, 5.41) is 11.5. The van der Waals surface area contributed by atoms with Gasteiger partial charge in [-0.3, -0.25) is 19.3 Å². The minimum atomic E-state index is -0.947. The van der Waals surface area contributed by atoms with Crippen molar-refractivity contribution in [2.45, 2.75) is 6.61 Å². The number of halogens is 2. The van der Waals surface area contributed by atoms with Gasteiger partial charge in [0, 0.05) is 23.4 Å². The van der Waals surface area contributed by atoms with Crippen molar-refractivity contribution in [3.8, 4) is 0 Å². The molecule has 0 saturated carbocycles. The summed E-state index contributed by atoms with van der Waals surface area (Å²) in [4.78, 5) is 38.7. The number of hydrogen-bond acceptors (Lipinski definition) is 6. The maximum absolute atomic E-state index is 12.2. The van der Waals surface area contributed by atoms with Crippen molar-refractivity contribution in [1.29, 1.82) is 0 Å².